The lowest BCUT2D eigenvalue weighted by atomic mass is 10.2. The lowest BCUT2D eigenvalue weighted by Crippen LogP contribution is -2.22. The summed E-state index contributed by atoms with van der Waals surface area (Å²) in [6.07, 6.45) is -16.3. The molecule has 0 aliphatic rings. The molecule has 2 nitrogen and oxygen atoms in total. The van der Waals surface area contributed by atoms with E-state index in [1.807, 2.05) is 0 Å². The molecule has 11 heteroatoms. The van der Waals surface area contributed by atoms with Crippen LogP contribution in [0.5, 0.6) is 5.88 Å². The van der Waals surface area contributed by atoms with E-state index in [0.717, 1.165) is 0 Å². The summed E-state index contributed by atoms with van der Waals surface area (Å²) >= 11 is 0. The summed E-state index contributed by atoms with van der Waals surface area (Å²) in [5.74, 6) is -1.63. The Hall–Kier alpha value is -1.68. The third-order valence-corrected chi connectivity index (χ3v) is 1.66. The highest BCUT2D eigenvalue weighted by atomic mass is 19.4. The second kappa shape index (κ2) is 4.46. The molecule has 0 saturated heterocycles. The summed E-state index contributed by atoms with van der Waals surface area (Å²) < 4.78 is 112. The van der Waals surface area contributed by atoms with Crippen molar-refractivity contribution in [2.45, 2.75) is 18.7 Å². The minimum absolute atomic E-state index is 0.0472. The third kappa shape index (κ3) is 4.17. The van der Waals surface area contributed by atoms with Crippen molar-refractivity contribution in [2.24, 2.45) is 0 Å². The first-order valence-corrected chi connectivity index (χ1v) is 4.22. The molecule has 0 radical (unpaired) electrons. The lowest BCUT2D eigenvalue weighted by Gasteiger charge is -2.16. The van der Waals surface area contributed by atoms with Crippen LogP contribution in [0.1, 0.15) is 11.3 Å². The highest BCUT2D eigenvalue weighted by Crippen LogP contribution is 2.40. The topological polar surface area (TPSA) is 22.1 Å². The van der Waals surface area contributed by atoms with Gasteiger partial charge in [0.2, 0.25) is 5.88 Å². The summed E-state index contributed by atoms with van der Waals surface area (Å²) in [7, 11) is 0. The van der Waals surface area contributed by atoms with E-state index in [1.54, 1.807) is 0 Å². The normalized spacial score (nSPS) is 13.5. The highest BCUT2D eigenvalue weighted by Gasteiger charge is 2.45. The molecular weight excluding hydrogens is 297 g/mol. The zero-order valence-corrected chi connectivity index (χ0v) is 8.41. The standard InChI is InChI=1S/C8H2F9NO/c9-6(10,11)3-1-2-4(19-8(15,16)17)18-5(3)7(12,13)14/h1-2H. The van der Waals surface area contributed by atoms with Crippen molar-refractivity contribution >= 4 is 0 Å². The number of alkyl halides is 9. The molecule has 0 aromatic carbocycles. The Bertz CT molecular complexity index is 459. The largest absolute Gasteiger partial charge is 0.574 e. The van der Waals surface area contributed by atoms with Crippen molar-refractivity contribution in [3.63, 3.8) is 0 Å². The Labute approximate surface area is 98.3 Å². The smallest absolute Gasteiger partial charge is 0.388 e. The zero-order valence-electron chi connectivity index (χ0n) is 8.41. The van der Waals surface area contributed by atoms with Crippen molar-refractivity contribution < 1.29 is 44.3 Å². The van der Waals surface area contributed by atoms with Gasteiger partial charge in [-0.15, -0.1) is 13.2 Å². The number of aromatic nitrogens is 1. The van der Waals surface area contributed by atoms with Gasteiger partial charge in [-0.25, -0.2) is 4.98 Å². The molecule has 0 bridgehead atoms. The Kier molecular flexibility index (Phi) is 3.61. The molecule has 19 heavy (non-hydrogen) atoms. The van der Waals surface area contributed by atoms with Crippen molar-refractivity contribution in [1.82, 2.24) is 4.98 Å². The van der Waals surface area contributed by atoms with Crippen LogP contribution in [-0.2, 0) is 12.4 Å². The van der Waals surface area contributed by atoms with Crippen LogP contribution in [0.2, 0.25) is 0 Å². The van der Waals surface area contributed by atoms with Gasteiger partial charge >= 0.3 is 18.7 Å². The van der Waals surface area contributed by atoms with Gasteiger partial charge in [0, 0.05) is 6.07 Å². The van der Waals surface area contributed by atoms with E-state index in [4.69, 9.17) is 0 Å². The molecule has 1 rings (SSSR count). The van der Waals surface area contributed by atoms with Crippen LogP contribution in [0.25, 0.3) is 0 Å². The summed E-state index contributed by atoms with van der Waals surface area (Å²) in [6, 6.07) is -0.136. The maximum atomic E-state index is 12.3. The SMILES string of the molecule is FC(F)(F)Oc1ccc(C(F)(F)F)c(C(F)(F)F)n1. The molecule has 0 fully saturated rings. The summed E-state index contributed by atoms with van der Waals surface area (Å²) in [5, 5.41) is 0. The molecule has 1 aromatic rings. The molecule has 0 saturated carbocycles. The molecular formula is C8H2F9NO. The van der Waals surface area contributed by atoms with Gasteiger partial charge in [0.15, 0.2) is 5.69 Å². The van der Waals surface area contributed by atoms with Gasteiger partial charge < -0.3 is 4.74 Å². The molecule has 0 atom stereocenters. The average molecular weight is 299 g/mol. The number of ether oxygens (including phenoxy) is 1. The van der Waals surface area contributed by atoms with Crippen LogP contribution in [0.15, 0.2) is 12.1 Å². The molecule has 1 heterocycles. The van der Waals surface area contributed by atoms with E-state index in [9.17, 15) is 39.5 Å². The van der Waals surface area contributed by atoms with Crippen LogP contribution in [0.3, 0.4) is 0 Å². The predicted molar refractivity (Wildman–Crippen MR) is 40.9 cm³/mol. The highest BCUT2D eigenvalue weighted by molar-refractivity contribution is 5.30. The fraction of sp³-hybridized carbons (Fsp3) is 0.375. The summed E-state index contributed by atoms with van der Waals surface area (Å²) in [6.45, 7) is 0. The zero-order chi connectivity index (χ0) is 15.1. The van der Waals surface area contributed by atoms with Crippen LogP contribution >= 0.6 is 0 Å². The van der Waals surface area contributed by atoms with Gasteiger partial charge in [0.05, 0.1) is 5.56 Å². The Morgan fingerprint density at radius 1 is 0.789 bits per heavy atom. The van der Waals surface area contributed by atoms with E-state index < -0.39 is 35.9 Å². The van der Waals surface area contributed by atoms with E-state index in [0.29, 0.717) is 0 Å². The van der Waals surface area contributed by atoms with Gasteiger partial charge in [0.25, 0.3) is 0 Å². The van der Waals surface area contributed by atoms with Gasteiger partial charge in [-0.2, -0.15) is 26.3 Å². The maximum absolute atomic E-state index is 12.3. The van der Waals surface area contributed by atoms with E-state index >= 15 is 0 Å². The summed E-state index contributed by atoms with van der Waals surface area (Å²) in [5.41, 5.74) is -4.70. The number of nitrogens with zero attached hydrogens (tertiary/aromatic N) is 1. The quantitative estimate of drug-likeness (QED) is 0.731. The Morgan fingerprint density at radius 3 is 1.68 bits per heavy atom. The monoisotopic (exact) mass is 299 g/mol. The van der Waals surface area contributed by atoms with Gasteiger partial charge in [0.1, 0.15) is 0 Å². The van der Waals surface area contributed by atoms with Gasteiger partial charge in [-0.1, -0.05) is 0 Å². The molecule has 1 aromatic heterocycles. The fourth-order valence-electron chi connectivity index (χ4n) is 1.06. The van der Waals surface area contributed by atoms with Crippen molar-refractivity contribution in [1.29, 1.82) is 0 Å². The van der Waals surface area contributed by atoms with E-state index in [2.05, 4.69) is 9.72 Å². The first-order valence-electron chi connectivity index (χ1n) is 4.22. The number of hydrogen-bond donors (Lipinski definition) is 0. The summed E-state index contributed by atoms with van der Waals surface area (Å²) in [4.78, 5) is 2.21. The first-order chi connectivity index (χ1) is 8.31. The molecule has 0 N–H and O–H groups in total. The number of hydrogen-bond acceptors (Lipinski definition) is 2. The molecule has 0 amide bonds. The van der Waals surface area contributed by atoms with Crippen molar-refractivity contribution in [2.75, 3.05) is 0 Å². The minimum atomic E-state index is -5.57. The third-order valence-electron chi connectivity index (χ3n) is 1.66. The maximum Gasteiger partial charge on any atom is 0.574 e. The molecule has 0 spiro atoms. The van der Waals surface area contributed by atoms with Crippen molar-refractivity contribution in [3.05, 3.63) is 23.4 Å². The van der Waals surface area contributed by atoms with Crippen LogP contribution in [-0.4, -0.2) is 11.3 Å². The van der Waals surface area contributed by atoms with Gasteiger partial charge in [-0.3, -0.25) is 0 Å². The predicted octanol–water partition coefficient (Wildman–Crippen LogP) is 4.02. The van der Waals surface area contributed by atoms with E-state index in [-0.39, 0.29) is 12.1 Å². The van der Waals surface area contributed by atoms with Crippen LogP contribution in [0.4, 0.5) is 39.5 Å². The molecule has 0 unspecified atom stereocenters. The number of halogens is 9. The second-order valence-electron chi connectivity index (χ2n) is 3.09. The minimum Gasteiger partial charge on any atom is -0.388 e. The fourth-order valence-corrected chi connectivity index (χ4v) is 1.06. The lowest BCUT2D eigenvalue weighted by molar-refractivity contribution is -0.276. The first kappa shape index (κ1) is 15.4. The molecule has 0 aliphatic carbocycles. The average Bonchev–Trinajstić information content (AvgIpc) is 2.11. The van der Waals surface area contributed by atoms with E-state index in [1.165, 1.54) is 0 Å². The Morgan fingerprint density at radius 2 is 1.32 bits per heavy atom. The molecule has 0 aliphatic heterocycles. The van der Waals surface area contributed by atoms with Crippen molar-refractivity contribution in [3.8, 4) is 5.88 Å². The number of pyridine rings is 1. The van der Waals surface area contributed by atoms with Crippen LogP contribution < -0.4 is 4.74 Å². The second-order valence-corrected chi connectivity index (χ2v) is 3.09. The van der Waals surface area contributed by atoms with Crippen LogP contribution in [0, 0.1) is 0 Å². The molecule has 108 valence electrons. The van der Waals surface area contributed by atoms with Gasteiger partial charge in [-0.05, 0) is 6.07 Å². The Balaban J connectivity index is 3.33. The number of rotatable bonds is 1.